The summed E-state index contributed by atoms with van der Waals surface area (Å²) >= 11 is 0. The summed E-state index contributed by atoms with van der Waals surface area (Å²) in [5.41, 5.74) is 0.694. The lowest BCUT2D eigenvalue weighted by atomic mass is 10.0. The minimum atomic E-state index is -4.67. The maximum atomic E-state index is 12.7. The number of alkyl halides is 3. The molecule has 0 amide bonds. The van der Waals surface area contributed by atoms with Crippen molar-refractivity contribution in [2.45, 2.75) is 25.6 Å². The molecule has 0 saturated carbocycles. The highest BCUT2D eigenvalue weighted by atomic mass is 19.4. The van der Waals surface area contributed by atoms with Crippen LogP contribution < -0.4 is 0 Å². The molecule has 1 atom stereocenters. The molecule has 0 heterocycles. The number of benzene rings is 1. The van der Waals surface area contributed by atoms with Gasteiger partial charge in [-0.2, -0.15) is 13.2 Å². The third-order valence-electron chi connectivity index (χ3n) is 2.10. The van der Waals surface area contributed by atoms with Crippen molar-refractivity contribution in [3.05, 3.63) is 35.1 Å². The number of aliphatic hydroxyl groups excluding tert-OH is 1. The molecule has 84 valence electrons. The fraction of sp³-hybridized carbons (Fsp3) is 0.400. The normalized spacial score (nSPS) is 14.0. The molecule has 0 aliphatic carbocycles. The van der Waals surface area contributed by atoms with Gasteiger partial charge in [-0.05, 0) is 30.2 Å². The van der Waals surface area contributed by atoms with Gasteiger partial charge in [0.05, 0.1) is 0 Å². The largest absolute Gasteiger partial charge is 0.414 e. The van der Waals surface area contributed by atoms with Crippen LogP contribution in [0.4, 0.5) is 17.6 Å². The highest BCUT2D eigenvalue weighted by molar-refractivity contribution is 5.27. The Morgan fingerprint density at radius 2 is 1.93 bits per heavy atom. The number of rotatable bonds is 2. The molecule has 0 unspecified atom stereocenters. The standard InChI is InChI=1S/C10H10F4O/c1-6-2-3-8(11)4-7(6)5-9(15)10(12,13)14/h2-4,9,15H,5H2,1H3/t9-/m1/s1. The van der Waals surface area contributed by atoms with Crippen molar-refractivity contribution >= 4 is 0 Å². The lowest BCUT2D eigenvalue weighted by Crippen LogP contribution is -2.30. The fourth-order valence-corrected chi connectivity index (χ4v) is 1.18. The molecule has 0 aromatic heterocycles. The van der Waals surface area contributed by atoms with E-state index in [4.69, 9.17) is 5.11 Å². The predicted octanol–water partition coefficient (Wildman–Crippen LogP) is 2.60. The van der Waals surface area contributed by atoms with Crippen LogP contribution in [0.5, 0.6) is 0 Å². The van der Waals surface area contributed by atoms with Crippen molar-refractivity contribution in [3.8, 4) is 0 Å². The van der Waals surface area contributed by atoms with Crippen LogP contribution in [-0.4, -0.2) is 17.4 Å². The number of hydrogen-bond acceptors (Lipinski definition) is 1. The molecule has 0 fully saturated rings. The van der Waals surface area contributed by atoms with Crippen molar-refractivity contribution in [1.29, 1.82) is 0 Å². The van der Waals surface area contributed by atoms with E-state index in [2.05, 4.69) is 0 Å². The first kappa shape index (κ1) is 12.0. The Kier molecular flexibility index (Phi) is 3.34. The topological polar surface area (TPSA) is 20.2 Å². The summed E-state index contributed by atoms with van der Waals surface area (Å²) < 4.78 is 48.8. The Labute approximate surface area is 84.3 Å². The average molecular weight is 222 g/mol. The summed E-state index contributed by atoms with van der Waals surface area (Å²) in [5.74, 6) is -0.607. The van der Waals surface area contributed by atoms with E-state index in [1.165, 1.54) is 12.1 Å². The molecule has 1 nitrogen and oxygen atoms in total. The van der Waals surface area contributed by atoms with Gasteiger partial charge in [0, 0.05) is 6.42 Å². The quantitative estimate of drug-likeness (QED) is 0.762. The molecule has 0 spiro atoms. The summed E-state index contributed by atoms with van der Waals surface area (Å²) in [6.45, 7) is 1.57. The van der Waals surface area contributed by atoms with Crippen molar-refractivity contribution in [2.24, 2.45) is 0 Å². The Balaban J connectivity index is 2.85. The van der Waals surface area contributed by atoms with E-state index in [9.17, 15) is 17.6 Å². The van der Waals surface area contributed by atoms with Crippen LogP contribution in [-0.2, 0) is 6.42 Å². The Bertz CT molecular complexity index is 346. The van der Waals surface area contributed by atoms with E-state index in [0.717, 1.165) is 6.07 Å². The molecule has 1 aromatic rings. The van der Waals surface area contributed by atoms with Crippen LogP contribution in [0.25, 0.3) is 0 Å². The molecular formula is C10H10F4O. The van der Waals surface area contributed by atoms with Crippen LogP contribution in [0.15, 0.2) is 18.2 Å². The predicted molar refractivity (Wildman–Crippen MR) is 46.9 cm³/mol. The van der Waals surface area contributed by atoms with Gasteiger partial charge in [0.1, 0.15) is 5.82 Å². The highest BCUT2D eigenvalue weighted by Gasteiger charge is 2.38. The third kappa shape index (κ3) is 3.20. The van der Waals surface area contributed by atoms with E-state index in [-0.39, 0.29) is 5.56 Å². The zero-order chi connectivity index (χ0) is 11.6. The summed E-state index contributed by atoms with van der Waals surface area (Å²) in [6.07, 6.45) is -7.73. The van der Waals surface area contributed by atoms with E-state index in [1.54, 1.807) is 6.92 Å². The molecule has 0 aliphatic heterocycles. The van der Waals surface area contributed by atoms with Crippen LogP contribution in [0.3, 0.4) is 0 Å². The minimum Gasteiger partial charge on any atom is -0.383 e. The zero-order valence-electron chi connectivity index (χ0n) is 7.98. The van der Waals surface area contributed by atoms with Gasteiger partial charge in [-0.25, -0.2) is 4.39 Å². The number of halogens is 4. The first-order valence-electron chi connectivity index (χ1n) is 4.30. The van der Waals surface area contributed by atoms with Crippen LogP contribution in [0.2, 0.25) is 0 Å². The molecule has 0 bridgehead atoms. The van der Waals surface area contributed by atoms with Gasteiger partial charge in [-0.1, -0.05) is 6.07 Å². The minimum absolute atomic E-state index is 0.167. The van der Waals surface area contributed by atoms with Crippen molar-refractivity contribution in [2.75, 3.05) is 0 Å². The number of aliphatic hydroxyl groups is 1. The van der Waals surface area contributed by atoms with Crippen molar-refractivity contribution < 1.29 is 22.7 Å². The third-order valence-corrected chi connectivity index (χ3v) is 2.10. The van der Waals surface area contributed by atoms with Gasteiger partial charge < -0.3 is 5.11 Å². The van der Waals surface area contributed by atoms with Gasteiger partial charge in [0.2, 0.25) is 0 Å². The molecule has 15 heavy (non-hydrogen) atoms. The maximum absolute atomic E-state index is 12.7. The first-order valence-corrected chi connectivity index (χ1v) is 4.30. The monoisotopic (exact) mass is 222 g/mol. The second-order valence-electron chi connectivity index (χ2n) is 3.33. The van der Waals surface area contributed by atoms with Gasteiger partial charge in [0.15, 0.2) is 6.10 Å². The maximum Gasteiger partial charge on any atom is 0.414 e. The summed E-state index contributed by atoms with van der Waals surface area (Å²) in [7, 11) is 0. The molecule has 5 heteroatoms. The lowest BCUT2D eigenvalue weighted by molar-refractivity contribution is -0.203. The Morgan fingerprint density at radius 1 is 1.33 bits per heavy atom. The first-order chi connectivity index (χ1) is 6.80. The van der Waals surface area contributed by atoms with E-state index in [0.29, 0.717) is 5.56 Å². The Morgan fingerprint density at radius 3 is 2.47 bits per heavy atom. The van der Waals surface area contributed by atoms with E-state index >= 15 is 0 Å². The van der Waals surface area contributed by atoms with E-state index < -0.39 is 24.5 Å². The molecule has 0 saturated heterocycles. The molecule has 1 rings (SSSR count). The van der Waals surface area contributed by atoms with Gasteiger partial charge in [-0.3, -0.25) is 0 Å². The van der Waals surface area contributed by atoms with Crippen molar-refractivity contribution in [1.82, 2.24) is 0 Å². The van der Waals surface area contributed by atoms with E-state index in [1.807, 2.05) is 0 Å². The molecular weight excluding hydrogens is 212 g/mol. The van der Waals surface area contributed by atoms with Crippen molar-refractivity contribution in [3.63, 3.8) is 0 Å². The van der Waals surface area contributed by atoms with Gasteiger partial charge >= 0.3 is 6.18 Å². The lowest BCUT2D eigenvalue weighted by Gasteiger charge is -2.15. The molecule has 1 N–H and O–H groups in total. The average Bonchev–Trinajstić information content (AvgIpc) is 2.09. The fourth-order valence-electron chi connectivity index (χ4n) is 1.18. The summed E-state index contributed by atoms with van der Waals surface area (Å²) in [4.78, 5) is 0. The van der Waals surface area contributed by atoms with Gasteiger partial charge in [0.25, 0.3) is 0 Å². The number of aryl methyl sites for hydroxylation is 1. The van der Waals surface area contributed by atoms with Gasteiger partial charge in [-0.15, -0.1) is 0 Å². The number of hydrogen-bond donors (Lipinski definition) is 1. The van der Waals surface area contributed by atoms with Crippen LogP contribution >= 0.6 is 0 Å². The zero-order valence-corrected chi connectivity index (χ0v) is 7.98. The van der Waals surface area contributed by atoms with Crippen LogP contribution in [0, 0.1) is 12.7 Å². The molecule has 0 aliphatic rings. The molecule has 1 aromatic carbocycles. The second-order valence-corrected chi connectivity index (χ2v) is 3.33. The smallest absolute Gasteiger partial charge is 0.383 e. The SMILES string of the molecule is Cc1ccc(F)cc1C[C@@H](O)C(F)(F)F. The molecule has 0 radical (unpaired) electrons. The summed E-state index contributed by atoms with van der Waals surface area (Å²) in [6, 6.07) is 3.55. The highest BCUT2D eigenvalue weighted by Crippen LogP contribution is 2.24. The summed E-state index contributed by atoms with van der Waals surface area (Å²) in [5, 5.41) is 8.81. The second kappa shape index (κ2) is 4.18. The van der Waals surface area contributed by atoms with Crippen LogP contribution in [0.1, 0.15) is 11.1 Å². The Hall–Kier alpha value is -1.10.